The average molecular weight is 296 g/mol. The van der Waals surface area contributed by atoms with Crippen molar-refractivity contribution in [1.82, 2.24) is 9.97 Å². The standard InChI is InChI=1S/C11H10BrN3S/c12-9-4-2-6-14-11(9)16-7-8-3-1-5-10(13)15-8/h1-6H,7H2,(H2,13,15). The van der Waals surface area contributed by atoms with Crippen molar-refractivity contribution in [2.75, 3.05) is 5.73 Å². The first kappa shape index (κ1) is 11.4. The molecule has 0 amide bonds. The highest BCUT2D eigenvalue weighted by Gasteiger charge is 2.02. The van der Waals surface area contributed by atoms with E-state index in [1.807, 2.05) is 24.3 Å². The molecule has 3 nitrogen and oxygen atoms in total. The van der Waals surface area contributed by atoms with Gasteiger partial charge in [0.25, 0.3) is 0 Å². The van der Waals surface area contributed by atoms with Crippen molar-refractivity contribution >= 4 is 33.5 Å². The molecule has 2 aromatic rings. The molecule has 0 atom stereocenters. The van der Waals surface area contributed by atoms with Crippen LogP contribution in [0.1, 0.15) is 5.69 Å². The number of nitrogen functional groups attached to an aromatic ring is 1. The van der Waals surface area contributed by atoms with Gasteiger partial charge in [0.05, 0.1) is 5.69 Å². The molecule has 0 spiro atoms. The van der Waals surface area contributed by atoms with Crippen LogP contribution in [0.25, 0.3) is 0 Å². The summed E-state index contributed by atoms with van der Waals surface area (Å²) in [5.41, 5.74) is 6.57. The van der Waals surface area contributed by atoms with E-state index in [0.717, 1.165) is 20.9 Å². The Balaban J connectivity index is 2.05. The van der Waals surface area contributed by atoms with Crippen LogP contribution < -0.4 is 5.73 Å². The number of hydrogen-bond donors (Lipinski definition) is 1. The van der Waals surface area contributed by atoms with Crippen molar-refractivity contribution in [1.29, 1.82) is 0 Å². The topological polar surface area (TPSA) is 51.8 Å². The minimum Gasteiger partial charge on any atom is -0.384 e. The summed E-state index contributed by atoms with van der Waals surface area (Å²) in [4.78, 5) is 8.50. The molecule has 0 aromatic carbocycles. The van der Waals surface area contributed by atoms with Crippen LogP contribution in [0.5, 0.6) is 0 Å². The summed E-state index contributed by atoms with van der Waals surface area (Å²) in [6.07, 6.45) is 1.78. The number of rotatable bonds is 3. The van der Waals surface area contributed by atoms with Crippen molar-refractivity contribution in [2.24, 2.45) is 0 Å². The Hall–Kier alpha value is -1.07. The van der Waals surface area contributed by atoms with Crippen LogP contribution in [-0.2, 0) is 5.75 Å². The third-order valence-electron chi connectivity index (χ3n) is 1.91. The van der Waals surface area contributed by atoms with Gasteiger partial charge in [-0.3, -0.25) is 0 Å². The summed E-state index contributed by atoms with van der Waals surface area (Å²) in [5, 5.41) is 0.965. The molecule has 2 N–H and O–H groups in total. The lowest BCUT2D eigenvalue weighted by Crippen LogP contribution is -1.93. The first-order valence-corrected chi connectivity index (χ1v) is 6.48. The van der Waals surface area contributed by atoms with Crippen LogP contribution in [-0.4, -0.2) is 9.97 Å². The van der Waals surface area contributed by atoms with Crippen LogP contribution >= 0.6 is 27.7 Å². The zero-order valence-electron chi connectivity index (χ0n) is 8.43. The minimum absolute atomic E-state index is 0.554. The van der Waals surface area contributed by atoms with E-state index in [-0.39, 0.29) is 0 Å². The monoisotopic (exact) mass is 295 g/mol. The Kier molecular flexibility index (Phi) is 3.79. The van der Waals surface area contributed by atoms with Crippen LogP contribution in [0.15, 0.2) is 46.0 Å². The molecule has 0 saturated heterocycles. The fourth-order valence-corrected chi connectivity index (χ4v) is 2.58. The lowest BCUT2D eigenvalue weighted by atomic mass is 10.4. The van der Waals surface area contributed by atoms with Gasteiger partial charge in [-0.25, -0.2) is 9.97 Å². The fourth-order valence-electron chi connectivity index (χ4n) is 1.20. The van der Waals surface area contributed by atoms with E-state index in [1.54, 1.807) is 24.0 Å². The number of nitrogens with zero attached hydrogens (tertiary/aromatic N) is 2. The van der Waals surface area contributed by atoms with Crippen LogP contribution in [0, 0.1) is 0 Å². The molecular weight excluding hydrogens is 286 g/mol. The number of thioether (sulfide) groups is 1. The maximum Gasteiger partial charge on any atom is 0.123 e. The van der Waals surface area contributed by atoms with Gasteiger partial charge in [-0.15, -0.1) is 0 Å². The Labute approximate surface area is 107 Å². The van der Waals surface area contributed by atoms with Crippen molar-refractivity contribution < 1.29 is 0 Å². The number of pyridine rings is 2. The number of hydrogen-bond acceptors (Lipinski definition) is 4. The van der Waals surface area contributed by atoms with E-state index in [0.29, 0.717) is 5.82 Å². The number of anilines is 1. The first-order chi connectivity index (χ1) is 7.75. The summed E-state index contributed by atoms with van der Waals surface area (Å²) in [5.74, 6) is 1.32. The SMILES string of the molecule is Nc1cccc(CSc2ncccc2Br)n1. The van der Waals surface area contributed by atoms with Gasteiger partial charge in [-0.2, -0.15) is 0 Å². The zero-order chi connectivity index (χ0) is 11.4. The van der Waals surface area contributed by atoms with Crippen molar-refractivity contribution in [2.45, 2.75) is 10.8 Å². The largest absolute Gasteiger partial charge is 0.384 e. The van der Waals surface area contributed by atoms with E-state index < -0.39 is 0 Å². The molecule has 0 aliphatic heterocycles. The predicted octanol–water partition coefficient (Wildman–Crippen LogP) is 3.11. The lowest BCUT2D eigenvalue weighted by molar-refractivity contribution is 1.10. The molecular formula is C11H10BrN3S. The van der Waals surface area contributed by atoms with E-state index >= 15 is 0 Å². The maximum atomic E-state index is 5.61. The van der Waals surface area contributed by atoms with Crippen LogP contribution in [0.3, 0.4) is 0 Å². The summed E-state index contributed by atoms with van der Waals surface area (Å²) < 4.78 is 1.00. The van der Waals surface area contributed by atoms with Gasteiger partial charge in [0.15, 0.2) is 0 Å². The van der Waals surface area contributed by atoms with Crippen LogP contribution in [0.2, 0.25) is 0 Å². The average Bonchev–Trinajstić information content (AvgIpc) is 2.28. The molecule has 0 fully saturated rings. The Morgan fingerprint density at radius 1 is 1.25 bits per heavy atom. The molecule has 0 unspecified atom stereocenters. The molecule has 2 rings (SSSR count). The number of aromatic nitrogens is 2. The molecule has 0 bridgehead atoms. The highest BCUT2D eigenvalue weighted by molar-refractivity contribution is 9.10. The van der Waals surface area contributed by atoms with Gasteiger partial charge >= 0.3 is 0 Å². The lowest BCUT2D eigenvalue weighted by Gasteiger charge is -2.03. The zero-order valence-corrected chi connectivity index (χ0v) is 10.8. The normalized spacial score (nSPS) is 10.3. The van der Waals surface area contributed by atoms with Crippen LogP contribution in [0.4, 0.5) is 5.82 Å². The highest BCUT2D eigenvalue weighted by atomic mass is 79.9. The van der Waals surface area contributed by atoms with E-state index in [9.17, 15) is 0 Å². The van der Waals surface area contributed by atoms with E-state index in [2.05, 4.69) is 25.9 Å². The van der Waals surface area contributed by atoms with Gasteiger partial charge in [-0.1, -0.05) is 17.8 Å². The van der Waals surface area contributed by atoms with Crippen molar-refractivity contribution in [3.05, 3.63) is 46.7 Å². The summed E-state index contributed by atoms with van der Waals surface area (Å²) in [6, 6.07) is 9.52. The van der Waals surface area contributed by atoms with Gasteiger partial charge in [0.1, 0.15) is 10.8 Å². The molecule has 2 aromatic heterocycles. The summed E-state index contributed by atoms with van der Waals surface area (Å²) >= 11 is 5.09. The number of halogens is 1. The molecule has 82 valence electrons. The summed E-state index contributed by atoms with van der Waals surface area (Å²) in [7, 11) is 0. The highest BCUT2D eigenvalue weighted by Crippen LogP contribution is 2.27. The third kappa shape index (κ3) is 2.96. The predicted molar refractivity (Wildman–Crippen MR) is 70.1 cm³/mol. The maximum absolute atomic E-state index is 5.61. The molecule has 16 heavy (non-hydrogen) atoms. The Morgan fingerprint density at radius 2 is 2.12 bits per heavy atom. The smallest absolute Gasteiger partial charge is 0.123 e. The van der Waals surface area contributed by atoms with E-state index in [1.165, 1.54) is 0 Å². The Bertz CT molecular complexity index is 490. The van der Waals surface area contributed by atoms with E-state index in [4.69, 9.17) is 5.73 Å². The Morgan fingerprint density at radius 3 is 2.88 bits per heavy atom. The van der Waals surface area contributed by atoms with Gasteiger partial charge in [0, 0.05) is 16.4 Å². The molecule has 0 aliphatic rings. The molecule has 5 heteroatoms. The van der Waals surface area contributed by atoms with Gasteiger partial charge < -0.3 is 5.73 Å². The fraction of sp³-hybridized carbons (Fsp3) is 0.0909. The minimum atomic E-state index is 0.554. The first-order valence-electron chi connectivity index (χ1n) is 4.70. The second kappa shape index (κ2) is 5.32. The molecule has 0 saturated carbocycles. The second-order valence-corrected chi connectivity index (χ2v) is 4.95. The molecule has 0 aliphatic carbocycles. The van der Waals surface area contributed by atoms with Crippen molar-refractivity contribution in [3.63, 3.8) is 0 Å². The molecule has 0 radical (unpaired) electrons. The van der Waals surface area contributed by atoms with Gasteiger partial charge in [-0.05, 0) is 40.2 Å². The van der Waals surface area contributed by atoms with Crippen molar-refractivity contribution in [3.8, 4) is 0 Å². The quantitative estimate of drug-likeness (QED) is 0.884. The summed E-state index contributed by atoms with van der Waals surface area (Å²) in [6.45, 7) is 0. The number of nitrogens with two attached hydrogens (primary N) is 1. The third-order valence-corrected chi connectivity index (χ3v) is 3.85. The van der Waals surface area contributed by atoms with Gasteiger partial charge in [0.2, 0.25) is 0 Å². The molecule has 2 heterocycles. The second-order valence-electron chi connectivity index (χ2n) is 3.13.